The van der Waals surface area contributed by atoms with Crippen LogP contribution in [0.25, 0.3) is 22.5 Å². The van der Waals surface area contributed by atoms with E-state index >= 15 is 0 Å². The van der Waals surface area contributed by atoms with Gasteiger partial charge in [0.15, 0.2) is 0 Å². The molecule has 0 saturated carbocycles. The number of carbonyl (C=O) groups is 2. The van der Waals surface area contributed by atoms with Crippen LogP contribution >= 0.6 is 0 Å². The summed E-state index contributed by atoms with van der Waals surface area (Å²) in [5.41, 5.74) is 4.58. The molecule has 0 aliphatic carbocycles. The van der Waals surface area contributed by atoms with E-state index in [4.69, 9.17) is 4.98 Å². The monoisotopic (exact) mass is 548 g/mol. The maximum Gasteiger partial charge on any atom is 0.254 e. The highest BCUT2D eigenvalue weighted by Crippen LogP contribution is 2.26. The maximum absolute atomic E-state index is 13.7. The van der Waals surface area contributed by atoms with Crippen LogP contribution in [0.2, 0.25) is 0 Å². The molecule has 7 heteroatoms. The third-order valence-corrected chi connectivity index (χ3v) is 8.15. The topological polar surface area (TPSA) is 56.8 Å². The second kappa shape index (κ2) is 12.0. The van der Waals surface area contributed by atoms with Crippen LogP contribution in [0.3, 0.4) is 0 Å². The highest BCUT2D eigenvalue weighted by atomic mass is 19.1. The SMILES string of the molecule is O=C(c1cccc(F)c1)N1CCC(N2CCN(C(=O)c3cc(-c4ccccc4)nc(-c4ccccc4)c3)CC2)CC1. The number of amides is 2. The van der Waals surface area contributed by atoms with E-state index in [1.165, 1.54) is 12.1 Å². The Balaban J connectivity index is 1.10. The zero-order valence-corrected chi connectivity index (χ0v) is 23.0. The summed E-state index contributed by atoms with van der Waals surface area (Å²) in [6.45, 7) is 4.23. The number of halogens is 1. The van der Waals surface area contributed by atoms with E-state index in [9.17, 15) is 14.0 Å². The molecule has 208 valence electrons. The number of likely N-dealkylation sites (tertiary alicyclic amines) is 1. The summed E-state index contributed by atoms with van der Waals surface area (Å²) in [7, 11) is 0. The van der Waals surface area contributed by atoms with E-state index in [2.05, 4.69) is 4.90 Å². The van der Waals surface area contributed by atoms with Gasteiger partial charge in [0.05, 0.1) is 11.4 Å². The van der Waals surface area contributed by atoms with Gasteiger partial charge in [0.1, 0.15) is 5.82 Å². The quantitative estimate of drug-likeness (QED) is 0.325. The minimum absolute atomic E-state index is 0.0249. The average molecular weight is 549 g/mol. The first kappa shape index (κ1) is 26.8. The Labute approximate surface area is 240 Å². The summed E-state index contributed by atoms with van der Waals surface area (Å²) in [6, 6.07) is 30.0. The molecule has 3 heterocycles. The lowest BCUT2D eigenvalue weighted by Gasteiger charge is -2.42. The lowest BCUT2D eigenvalue weighted by Crippen LogP contribution is -2.54. The summed E-state index contributed by atoms with van der Waals surface area (Å²) in [6.07, 6.45) is 1.75. The zero-order chi connectivity index (χ0) is 28.2. The van der Waals surface area contributed by atoms with E-state index < -0.39 is 5.82 Å². The van der Waals surface area contributed by atoms with Crippen molar-refractivity contribution in [2.24, 2.45) is 0 Å². The number of hydrogen-bond acceptors (Lipinski definition) is 4. The van der Waals surface area contributed by atoms with Crippen LogP contribution in [0.15, 0.2) is 97.1 Å². The van der Waals surface area contributed by atoms with Crippen molar-refractivity contribution in [1.82, 2.24) is 19.7 Å². The average Bonchev–Trinajstić information content (AvgIpc) is 3.05. The van der Waals surface area contributed by atoms with Crippen molar-refractivity contribution in [2.75, 3.05) is 39.3 Å². The molecule has 2 fully saturated rings. The Morgan fingerprint density at radius 2 is 1.15 bits per heavy atom. The highest BCUT2D eigenvalue weighted by molar-refractivity contribution is 5.96. The molecule has 2 amide bonds. The first-order valence-corrected chi connectivity index (χ1v) is 14.3. The molecule has 0 radical (unpaired) electrons. The summed E-state index contributed by atoms with van der Waals surface area (Å²) < 4.78 is 13.6. The molecule has 0 unspecified atom stereocenters. The number of aromatic nitrogens is 1. The van der Waals surface area contributed by atoms with E-state index in [0.717, 1.165) is 48.4 Å². The van der Waals surface area contributed by atoms with Crippen molar-refractivity contribution in [1.29, 1.82) is 0 Å². The minimum atomic E-state index is -0.391. The van der Waals surface area contributed by atoms with Gasteiger partial charge in [0, 0.05) is 67.6 Å². The number of carbonyl (C=O) groups excluding carboxylic acids is 2. The molecule has 2 aliphatic rings. The third kappa shape index (κ3) is 6.05. The molecular formula is C34H33FN4O2. The van der Waals surface area contributed by atoms with Crippen molar-refractivity contribution in [2.45, 2.75) is 18.9 Å². The molecule has 1 aromatic heterocycles. The second-order valence-electron chi connectivity index (χ2n) is 10.7. The van der Waals surface area contributed by atoms with Crippen molar-refractivity contribution in [3.63, 3.8) is 0 Å². The number of piperazine rings is 1. The lowest BCUT2D eigenvalue weighted by atomic mass is 10.0. The van der Waals surface area contributed by atoms with Crippen LogP contribution in [-0.4, -0.2) is 76.8 Å². The normalized spacial score (nSPS) is 16.5. The molecule has 3 aromatic carbocycles. The molecule has 0 atom stereocenters. The fraction of sp³-hybridized carbons (Fsp3) is 0.265. The van der Waals surface area contributed by atoms with Crippen LogP contribution < -0.4 is 0 Å². The van der Waals surface area contributed by atoms with Gasteiger partial charge in [-0.25, -0.2) is 9.37 Å². The van der Waals surface area contributed by atoms with Crippen molar-refractivity contribution in [3.05, 3.63) is 114 Å². The van der Waals surface area contributed by atoms with Gasteiger partial charge in [-0.3, -0.25) is 14.5 Å². The first-order chi connectivity index (χ1) is 20.0. The van der Waals surface area contributed by atoms with Gasteiger partial charge in [-0.05, 0) is 43.2 Å². The van der Waals surface area contributed by atoms with Crippen molar-refractivity contribution >= 4 is 11.8 Å². The Kier molecular flexibility index (Phi) is 7.87. The van der Waals surface area contributed by atoms with E-state index in [1.54, 1.807) is 12.1 Å². The van der Waals surface area contributed by atoms with Gasteiger partial charge in [-0.15, -0.1) is 0 Å². The summed E-state index contributed by atoms with van der Waals surface area (Å²) in [5, 5.41) is 0. The van der Waals surface area contributed by atoms with Crippen molar-refractivity contribution in [3.8, 4) is 22.5 Å². The predicted octanol–water partition coefficient (Wildman–Crippen LogP) is 5.62. The lowest BCUT2D eigenvalue weighted by molar-refractivity contribution is 0.0412. The third-order valence-electron chi connectivity index (χ3n) is 8.15. The summed E-state index contributed by atoms with van der Waals surface area (Å²) >= 11 is 0. The van der Waals surface area contributed by atoms with Gasteiger partial charge in [0.25, 0.3) is 11.8 Å². The molecule has 0 spiro atoms. The largest absolute Gasteiger partial charge is 0.339 e. The fourth-order valence-corrected chi connectivity index (χ4v) is 5.88. The first-order valence-electron chi connectivity index (χ1n) is 14.3. The molecule has 0 bridgehead atoms. The highest BCUT2D eigenvalue weighted by Gasteiger charge is 2.31. The van der Waals surface area contributed by atoms with Gasteiger partial charge in [-0.1, -0.05) is 66.7 Å². The van der Waals surface area contributed by atoms with E-state index in [0.29, 0.717) is 43.3 Å². The molecule has 4 aromatic rings. The number of hydrogen-bond donors (Lipinski definition) is 0. The summed E-state index contributed by atoms with van der Waals surface area (Å²) in [4.78, 5) is 37.7. The second-order valence-corrected chi connectivity index (χ2v) is 10.7. The molecule has 6 rings (SSSR count). The predicted molar refractivity (Wildman–Crippen MR) is 158 cm³/mol. The Hall–Kier alpha value is -4.36. The maximum atomic E-state index is 13.7. The number of nitrogens with zero attached hydrogens (tertiary/aromatic N) is 4. The molecule has 6 nitrogen and oxygen atoms in total. The molecule has 2 saturated heterocycles. The van der Waals surface area contributed by atoms with Crippen LogP contribution in [0.5, 0.6) is 0 Å². The number of rotatable bonds is 5. The smallest absolute Gasteiger partial charge is 0.254 e. The molecule has 0 N–H and O–H groups in total. The van der Waals surface area contributed by atoms with Crippen LogP contribution in [0.1, 0.15) is 33.6 Å². The van der Waals surface area contributed by atoms with Gasteiger partial charge in [-0.2, -0.15) is 0 Å². The Morgan fingerprint density at radius 1 is 0.610 bits per heavy atom. The van der Waals surface area contributed by atoms with Gasteiger partial charge < -0.3 is 9.80 Å². The molecule has 41 heavy (non-hydrogen) atoms. The van der Waals surface area contributed by atoms with Crippen LogP contribution in [-0.2, 0) is 0 Å². The summed E-state index contributed by atoms with van der Waals surface area (Å²) in [5.74, 6) is -0.477. The zero-order valence-electron chi connectivity index (χ0n) is 23.0. The minimum Gasteiger partial charge on any atom is -0.339 e. The standard InChI is InChI=1S/C34H33FN4O2/c35-29-13-7-12-27(22-29)33(40)38-16-14-30(15-17-38)37-18-20-39(21-19-37)34(41)28-23-31(25-8-3-1-4-9-25)36-32(24-28)26-10-5-2-6-11-26/h1-13,22-24,30H,14-21H2. The number of piperidine rings is 1. The fourth-order valence-electron chi connectivity index (χ4n) is 5.88. The Morgan fingerprint density at radius 3 is 1.71 bits per heavy atom. The van der Waals surface area contributed by atoms with E-state index in [-0.39, 0.29) is 11.8 Å². The van der Waals surface area contributed by atoms with Crippen LogP contribution in [0.4, 0.5) is 4.39 Å². The van der Waals surface area contributed by atoms with E-state index in [1.807, 2.05) is 82.6 Å². The van der Waals surface area contributed by atoms with Crippen LogP contribution in [0, 0.1) is 5.82 Å². The van der Waals surface area contributed by atoms with Gasteiger partial charge >= 0.3 is 0 Å². The van der Waals surface area contributed by atoms with Crippen molar-refractivity contribution < 1.29 is 14.0 Å². The molecule has 2 aliphatic heterocycles. The van der Waals surface area contributed by atoms with Gasteiger partial charge in [0.2, 0.25) is 0 Å². The number of benzene rings is 3. The molecular weight excluding hydrogens is 515 g/mol. The Bertz CT molecular complexity index is 1450. The number of pyridine rings is 1.